The predicted molar refractivity (Wildman–Crippen MR) is 140 cm³/mol. The minimum Gasteiger partial charge on any atom is -0.370 e. The van der Waals surface area contributed by atoms with E-state index in [-0.39, 0.29) is 21.9 Å². The Morgan fingerprint density at radius 1 is 1.17 bits per heavy atom. The van der Waals surface area contributed by atoms with E-state index in [9.17, 15) is 8.78 Å². The SMILES string of the molecule is Cc1ccc(C(C)(C)N2CC[C@](CCc3ccc(F)s3)(CN=C(N)Nc3ccc(F)cc3)C2)cn1. The molecule has 8 heteroatoms. The molecule has 3 heterocycles. The molecule has 1 atom stereocenters. The van der Waals surface area contributed by atoms with Crippen LogP contribution in [-0.2, 0) is 12.0 Å². The van der Waals surface area contributed by atoms with Gasteiger partial charge in [-0.1, -0.05) is 6.07 Å². The van der Waals surface area contributed by atoms with Crippen LogP contribution < -0.4 is 11.1 Å². The standard InChI is InChI=1S/C27H33F2N5S/c1-19-4-5-20(16-31-19)26(2,3)34-15-14-27(18-34,13-12-23-10-11-24(29)35-23)17-32-25(30)33-22-8-6-21(28)7-9-22/h4-11,16H,12-15,17-18H2,1-3H3,(H3,30,32,33)/t27-/m1/s1. The summed E-state index contributed by atoms with van der Waals surface area (Å²) < 4.78 is 26.8. The first-order chi connectivity index (χ1) is 16.6. The van der Waals surface area contributed by atoms with Gasteiger partial charge in [0.15, 0.2) is 11.1 Å². The molecule has 1 aliphatic rings. The lowest BCUT2D eigenvalue weighted by Crippen LogP contribution is -2.42. The summed E-state index contributed by atoms with van der Waals surface area (Å²) in [6.45, 7) is 8.80. The number of nitrogens with zero attached hydrogens (tertiary/aromatic N) is 3. The number of anilines is 1. The summed E-state index contributed by atoms with van der Waals surface area (Å²) in [4.78, 5) is 12.7. The van der Waals surface area contributed by atoms with Gasteiger partial charge in [-0.25, -0.2) is 4.39 Å². The van der Waals surface area contributed by atoms with Crippen molar-refractivity contribution in [3.05, 3.63) is 81.8 Å². The highest BCUT2D eigenvalue weighted by molar-refractivity contribution is 7.10. The minimum atomic E-state index is -0.299. The second-order valence-electron chi connectivity index (χ2n) is 9.96. The van der Waals surface area contributed by atoms with Crippen LogP contribution >= 0.6 is 11.3 Å². The highest BCUT2D eigenvalue weighted by Crippen LogP contribution is 2.42. The number of thiophene rings is 1. The number of rotatable bonds is 8. The number of pyridine rings is 1. The van der Waals surface area contributed by atoms with E-state index in [4.69, 9.17) is 10.7 Å². The molecule has 0 aliphatic carbocycles. The van der Waals surface area contributed by atoms with Crippen LogP contribution in [0.1, 0.15) is 42.8 Å². The number of halogens is 2. The van der Waals surface area contributed by atoms with Crippen molar-refractivity contribution in [2.75, 3.05) is 25.0 Å². The molecular formula is C27H33F2N5S. The zero-order valence-electron chi connectivity index (χ0n) is 20.5. The summed E-state index contributed by atoms with van der Waals surface area (Å²) >= 11 is 1.21. The minimum absolute atomic E-state index is 0.0923. The summed E-state index contributed by atoms with van der Waals surface area (Å²) in [7, 11) is 0. The number of guanidine groups is 1. The molecule has 0 spiro atoms. The fraction of sp³-hybridized carbons (Fsp3) is 0.407. The molecule has 186 valence electrons. The van der Waals surface area contributed by atoms with Crippen molar-refractivity contribution in [3.8, 4) is 0 Å². The van der Waals surface area contributed by atoms with Crippen molar-refractivity contribution in [3.63, 3.8) is 0 Å². The Morgan fingerprint density at radius 3 is 2.60 bits per heavy atom. The number of hydrogen-bond acceptors (Lipinski definition) is 4. The van der Waals surface area contributed by atoms with Gasteiger partial charge >= 0.3 is 0 Å². The number of aromatic nitrogens is 1. The van der Waals surface area contributed by atoms with E-state index in [0.29, 0.717) is 18.2 Å². The third kappa shape index (κ3) is 6.24. The Balaban J connectivity index is 1.51. The zero-order chi connectivity index (χ0) is 25.1. The molecule has 1 aliphatic heterocycles. The lowest BCUT2D eigenvalue weighted by Gasteiger charge is -2.38. The van der Waals surface area contributed by atoms with Gasteiger partial charge in [-0.2, -0.15) is 4.39 Å². The Labute approximate surface area is 210 Å². The van der Waals surface area contributed by atoms with Crippen LogP contribution in [0, 0.1) is 23.3 Å². The number of aliphatic imine (C=N–C) groups is 1. The maximum atomic E-state index is 13.6. The van der Waals surface area contributed by atoms with E-state index in [2.05, 4.69) is 41.2 Å². The van der Waals surface area contributed by atoms with Crippen molar-refractivity contribution in [1.29, 1.82) is 0 Å². The van der Waals surface area contributed by atoms with Gasteiger partial charge in [0.1, 0.15) is 5.82 Å². The van der Waals surface area contributed by atoms with Crippen LogP contribution in [0.25, 0.3) is 0 Å². The summed E-state index contributed by atoms with van der Waals surface area (Å²) in [6.07, 6.45) is 4.62. The quantitative estimate of drug-likeness (QED) is 0.309. The molecule has 35 heavy (non-hydrogen) atoms. The lowest BCUT2D eigenvalue weighted by molar-refractivity contribution is 0.130. The van der Waals surface area contributed by atoms with Gasteiger partial charge in [0.2, 0.25) is 0 Å². The second kappa shape index (κ2) is 10.4. The number of hydrogen-bond donors (Lipinski definition) is 2. The Bertz CT molecular complexity index is 1160. The monoisotopic (exact) mass is 497 g/mol. The highest BCUT2D eigenvalue weighted by Gasteiger charge is 2.43. The van der Waals surface area contributed by atoms with Crippen molar-refractivity contribution < 1.29 is 8.78 Å². The molecule has 2 aromatic heterocycles. The van der Waals surface area contributed by atoms with E-state index in [1.165, 1.54) is 35.1 Å². The first kappa shape index (κ1) is 25.3. The van der Waals surface area contributed by atoms with Crippen LogP contribution in [0.3, 0.4) is 0 Å². The van der Waals surface area contributed by atoms with Gasteiger partial charge in [-0.3, -0.25) is 14.9 Å². The second-order valence-corrected chi connectivity index (χ2v) is 11.1. The molecule has 0 radical (unpaired) electrons. The maximum Gasteiger partial charge on any atom is 0.193 e. The summed E-state index contributed by atoms with van der Waals surface area (Å²) in [5.74, 6) is 0.00561. The van der Waals surface area contributed by atoms with E-state index in [0.717, 1.165) is 42.9 Å². The normalized spacial score (nSPS) is 19.3. The average Bonchev–Trinajstić information content (AvgIpc) is 3.45. The first-order valence-electron chi connectivity index (χ1n) is 11.9. The van der Waals surface area contributed by atoms with Crippen LogP contribution in [0.4, 0.5) is 14.5 Å². The summed E-state index contributed by atoms with van der Waals surface area (Å²) in [5, 5.41) is 2.90. The molecule has 0 amide bonds. The fourth-order valence-electron chi connectivity index (χ4n) is 4.68. The van der Waals surface area contributed by atoms with E-state index >= 15 is 0 Å². The van der Waals surface area contributed by atoms with Crippen LogP contribution in [0.15, 0.2) is 59.7 Å². The smallest absolute Gasteiger partial charge is 0.193 e. The zero-order valence-corrected chi connectivity index (χ0v) is 21.3. The number of nitrogens with two attached hydrogens (primary N) is 1. The molecule has 3 N–H and O–H groups in total. The largest absolute Gasteiger partial charge is 0.370 e. The molecule has 1 fully saturated rings. The molecule has 0 unspecified atom stereocenters. The molecule has 0 bridgehead atoms. The third-order valence-electron chi connectivity index (χ3n) is 7.08. The van der Waals surface area contributed by atoms with Gasteiger partial charge in [-0.05, 0) is 94.6 Å². The van der Waals surface area contributed by atoms with Crippen LogP contribution in [0.5, 0.6) is 0 Å². The van der Waals surface area contributed by atoms with Gasteiger partial charge in [0.25, 0.3) is 0 Å². The van der Waals surface area contributed by atoms with E-state index in [1.807, 2.05) is 19.2 Å². The number of benzene rings is 1. The summed E-state index contributed by atoms with van der Waals surface area (Å²) in [6, 6.07) is 13.6. The van der Waals surface area contributed by atoms with Gasteiger partial charge in [0.05, 0.1) is 0 Å². The van der Waals surface area contributed by atoms with Gasteiger partial charge in [0, 0.05) is 46.5 Å². The molecular weight excluding hydrogens is 464 g/mol. The fourth-order valence-corrected chi connectivity index (χ4v) is 5.41. The lowest BCUT2D eigenvalue weighted by atomic mass is 9.81. The first-order valence-corrected chi connectivity index (χ1v) is 12.7. The number of aryl methyl sites for hydroxylation is 2. The van der Waals surface area contributed by atoms with Crippen LogP contribution in [-0.4, -0.2) is 35.5 Å². The van der Waals surface area contributed by atoms with Crippen molar-refractivity contribution >= 4 is 23.0 Å². The molecule has 3 aromatic rings. The Morgan fingerprint density at radius 2 is 1.94 bits per heavy atom. The van der Waals surface area contributed by atoms with Crippen molar-refractivity contribution in [2.24, 2.45) is 16.1 Å². The maximum absolute atomic E-state index is 13.6. The molecule has 5 nitrogen and oxygen atoms in total. The molecule has 1 aromatic carbocycles. The summed E-state index contributed by atoms with van der Waals surface area (Å²) in [5.41, 5.74) is 8.79. The number of likely N-dealkylation sites (tertiary alicyclic amines) is 1. The topological polar surface area (TPSA) is 66.5 Å². The molecule has 1 saturated heterocycles. The Hall–Kier alpha value is -2.84. The molecule has 4 rings (SSSR count). The molecule has 0 saturated carbocycles. The van der Waals surface area contributed by atoms with Crippen molar-refractivity contribution in [1.82, 2.24) is 9.88 Å². The van der Waals surface area contributed by atoms with E-state index < -0.39 is 0 Å². The highest BCUT2D eigenvalue weighted by atomic mass is 32.1. The van der Waals surface area contributed by atoms with Gasteiger partial charge in [-0.15, -0.1) is 11.3 Å². The van der Waals surface area contributed by atoms with E-state index in [1.54, 1.807) is 12.1 Å². The third-order valence-corrected chi connectivity index (χ3v) is 8.01. The van der Waals surface area contributed by atoms with Crippen LogP contribution in [0.2, 0.25) is 0 Å². The Kier molecular flexibility index (Phi) is 7.52. The number of nitrogens with one attached hydrogen (secondary N) is 1. The van der Waals surface area contributed by atoms with Crippen molar-refractivity contribution in [2.45, 2.75) is 45.6 Å². The van der Waals surface area contributed by atoms with Gasteiger partial charge < -0.3 is 11.1 Å². The average molecular weight is 498 g/mol. The predicted octanol–water partition coefficient (Wildman–Crippen LogP) is 5.72.